The lowest BCUT2D eigenvalue weighted by atomic mass is 9.94. The lowest BCUT2D eigenvalue weighted by Gasteiger charge is -2.11. The van der Waals surface area contributed by atoms with Crippen LogP contribution in [0.25, 0.3) is 0 Å². The molecule has 102 valence electrons. The summed E-state index contributed by atoms with van der Waals surface area (Å²) in [7, 11) is 0. The third-order valence-corrected chi connectivity index (χ3v) is 3.86. The van der Waals surface area contributed by atoms with Crippen molar-refractivity contribution in [1.82, 2.24) is 0 Å². The fraction of sp³-hybridized carbons (Fsp3) is 0.467. The van der Waals surface area contributed by atoms with Gasteiger partial charge in [-0.25, -0.2) is 0 Å². The van der Waals surface area contributed by atoms with E-state index in [1.807, 2.05) is 31.2 Å². The monoisotopic (exact) mass is 262 g/mol. The third kappa shape index (κ3) is 3.34. The van der Waals surface area contributed by atoms with Gasteiger partial charge < -0.3 is 10.2 Å². The molecule has 2 N–H and O–H groups in total. The SMILES string of the molecule is Cc1ccc(CCC(C(=O)O)C2CC2C(=O)O)cc1. The summed E-state index contributed by atoms with van der Waals surface area (Å²) in [4.78, 5) is 22.0. The molecule has 0 aromatic heterocycles. The van der Waals surface area contributed by atoms with Crippen LogP contribution >= 0.6 is 0 Å². The van der Waals surface area contributed by atoms with Crippen LogP contribution in [0.4, 0.5) is 0 Å². The Hall–Kier alpha value is -1.84. The van der Waals surface area contributed by atoms with Gasteiger partial charge in [-0.05, 0) is 37.7 Å². The first-order chi connectivity index (χ1) is 8.99. The fourth-order valence-corrected chi connectivity index (χ4v) is 2.54. The van der Waals surface area contributed by atoms with Crippen LogP contribution in [0.1, 0.15) is 24.0 Å². The molecule has 1 aromatic rings. The quantitative estimate of drug-likeness (QED) is 0.825. The Morgan fingerprint density at radius 1 is 1.26 bits per heavy atom. The largest absolute Gasteiger partial charge is 0.481 e. The molecule has 0 bridgehead atoms. The Morgan fingerprint density at radius 3 is 2.37 bits per heavy atom. The fourth-order valence-electron chi connectivity index (χ4n) is 2.54. The number of aliphatic carboxylic acids is 2. The van der Waals surface area contributed by atoms with Crippen molar-refractivity contribution >= 4 is 11.9 Å². The van der Waals surface area contributed by atoms with Gasteiger partial charge in [0.15, 0.2) is 0 Å². The summed E-state index contributed by atoms with van der Waals surface area (Å²) in [6, 6.07) is 8.00. The highest BCUT2D eigenvalue weighted by Gasteiger charge is 2.50. The molecule has 0 radical (unpaired) electrons. The van der Waals surface area contributed by atoms with Crippen molar-refractivity contribution in [2.24, 2.45) is 17.8 Å². The van der Waals surface area contributed by atoms with Gasteiger partial charge in [-0.15, -0.1) is 0 Å². The third-order valence-electron chi connectivity index (χ3n) is 3.86. The highest BCUT2D eigenvalue weighted by atomic mass is 16.4. The van der Waals surface area contributed by atoms with Gasteiger partial charge in [-0.3, -0.25) is 9.59 Å². The van der Waals surface area contributed by atoms with E-state index in [9.17, 15) is 14.7 Å². The van der Waals surface area contributed by atoms with E-state index >= 15 is 0 Å². The molecule has 3 unspecified atom stereocenters. The second kappa shape index (κ2) is 5.43. The molecule has 0 amide bonds. The molecule has 0 spiro atoms. The number of carbonyl (C=O) groups is 2. The van der Waals surface area contributed by atoms with Crippen LogP contribution in [0.2, 0.25) is 0 Å². The molecular weight excluding hydrogens is 244 g/mol. The lowest BCUT2D eigenvalue weighted by molar-refractivity contribution is -0.143. The smallest absolute Gasteiger partial charge is 0.306 e. The Morgan fingerprint density at radius 2 is 1.89 bits per heavy atom. The number of carboxylic acid groups (broad SMARTS) is 2. The number of hydrogen-bond donors (Lipinski definition) is 2. The maximum atomic E-state index is 11.2. The van der Waals surface area contributed by atoms with E-state index in [0.717, 1.165) is 5.56 Å². The summed E-state index contributed by atoms with van der Waals surface area (Å²) >= 11 is 0. The summed E-state index contributed by atoms with van der Waals surface area (Å²) in [5, 5.41) is 18.1. The maximum absolute atomic E-state index is 11.2. The standard InChI is InChI=1S/C15H18O4/c1-9-2-4-10(5-3-9)6-7-11(14(16)17)12-8-13(12)15(18)19/h2-5,11-13H,6-8H2,1H3,(H,16,17)(H,18,19). The van der Waals surface area contributed by atoms with Crippen molar-refractivity contribution in [2.45, 2.75) is 26.2 Å². The second-order valence-electron chi connectivity index (χ2n) is 5.31. The van der Waals surface area contributed by atoms with Crippen molar-refractivity contribution < 1.29 is 19.8 Å². The van der Waals surface area contributed by atoms with Crippen LogP contribution in [0.5, 0.6) is 0 Å². The molecule has 2 rings (SSSR count). The molecule has 1 saturated carbocycles. The molecule has 1 aromatic carbocycles. The van der Waals surface area contributed by atoms with Crippen molar-refractivity contribution in [1.29, 1.82) is 0 Å². The molecule has 0 aliphatic heterocycles. The summed E-state index contributed by atoms with van der Waals surface area (Å²) in [6.07, 6.45) is 1.69. The van der Waals surface area contributed by atoms with Crippen LogP contribution in [0, 0.1) is 24.7 Å². The van der Waals surface area contributed by atoms with Gasteiger partial charge in [-0.1, -0.05) is 29.8 Å². The van der Waals surface area contributed by atoms with E-state index in [-0.39, 0.29) is 5.92 Å². The predicted molar refractivity (Wildman–Crippen MR) is 69.9 cm³/mol. The number of benzene rings is 1. The van der Waals surface area contributed by atoms with Gasteiger partial charge in [-0.2, -0.15) is 0 Å². The molecule has 1 aliphatic rings. The molecule has 19 heavy (non-hydrogen) atoms. The van der Waals surface area contributed by atoms with Crippen LogP contribution in [0.3, 0.4) is 0 Å². The number of aryl methyl sites for hydroxylation is 2. The minimum Gasteiger partial charge on any atom is -0.481 e. The first kappa shape index (κ1) is 13.6. The second-order valence-corrected chi connectivity index (χ2v) is 5.31. The van der Waals surface area contributed by atoms with Crippen molar-refractivity contribution in [2.75, 3.05) is 0 Å². The summed E-state index contributed by atoms with van der Waals surface area (Å²) in [5.74, 6) is -2.94. The molecule has 4 heteroatoms. The molecule has 1 aliphatic carbocycles. The van der Waals surface area contributed by atoms with Crippen LogP contribution in [0.15, 0.2) is 24.3 Å². The Balaban J connectivity index is 1.93. The van der Waals surface area contributed by atoms with Crippen molar-refractivity contribution in [3.63, 3.8) is 0 Å². The number of rotatable bonds is 6. The molecule has 0 saturated heterocycles. The topological polar surface area (TPSA) is 74.6 Å². The summed E-state index contributed by atoms with van der Waals surface area (Å²) in [6.45, 7) is 2.01. The van der Waals surface area contributed by atoms with E-state index in [0.29, 0.717) is 19.3 Å². The maximum Gasteiger partial charge on any atom is 0.306 e. The molecular formula is C15H18O4. The normalized spacial score (nSPS) is 22.8. The molecule has 1 fully saturated rings. The minimum absolute atomic E-state index is 0.194. The van der Waals surface area contributed by atoms with E-state index in [2.05, 4.69) is 0 Å². The van der Waals surface area contributed by atoms with Crippen molar-refractivity contribution in [3.8, 4) is 0 Å². The Kier molecular flexibility index (Phi) is 3.88. The zero-order valence-corrected chi connectivity index (χ0v) is 10.9. The molecule has 3 atom stereocenters. The zero-order valence-electron chi connectivity index (χ0n) is 10.9. The van der Waals surface area contributed by atoms with E-state index in [4.69, 9.17) is 5.11 Å². The van der Waals surface area contributed by atoms with Gasteiger partial charge in [0.2, 0.25) is 0 Å². The first-order valence-corrected chi connectivity index (χ1v) is 6.50. The van der Waals surface area contributed by atoms with Crippen molar-refractivity contribution in [3.05, 3.63) is 35.4 Å². The predicted octanol–water partition coefficient (Wildman–Crippen LogP) is 2.35. The lowest BCUT2D eigenvalue weighted by Crippen LogP contribution is -2.19. The van der Waals surface area contributed by atoms with Gasteiger partial charge in [0, 0.05) is 0 Å². The average Bonchev–Trinajstić information content (AvgIpc) is 3.11. The molecule has 4 nitrogen and oxygen atoms in total. The summed E-state index contributed by atoms with van der Waals surface area (Å²) in [5.41, 5.74) is 2.27. The molecule has 0 heterocycles. The van der Waals surface area contributed by atoms with E-state index < -0.39 is 23.8 Å². The number of carboxylic acids is 2. The number of hydrogen-bond acceptors (Lipinski definition) is 2. The Labute approximate surface area is 112 Å². The van der Waals surface area contributed by atoms with Crippen LogP contribution in [-0.4, -0.2) is 22.2 Å². The van der Waals surface area contributed by atoms with E-state index in [1.54, 1.807) is 0 Å². The first-order valence-electron chi connectivity index (χ1n) is 6.50. The van der Waals surface area contributed by atoms with E-state index in [1.165, 1.54) is 5.56 Å². The minimum atomic E-state index is -0.874. The Bertz CT molecular complexity index is 477. The van der Waals surface area contributed by atoms with Gasteiger partial charge in [0.05, 0.1) is 11.8 Å². The van der Waals surface area contributed by atoms with Crippen LogP contribution in [-0.2, 0) is 16.0 Å². The average molecular weight is 262 g/mol. The van der Waals surface area contributed by atoms with Gasteiger partial charge in [0.1, 0.15) is 0 Å². The summed E-state index contributed by atoms with van der Waals surface area (Å²) < 4.78 is 0. The highest BCUT2D eigenvalue weighted by Crippen LogP contribution is 2.46. The van der Waals surface area contributed by atoms with Gasteiger partial charge in [0.25, 0.3) is 0 Å². The van der Waals surface area contributed by atoms with Gasteiger partial charge >= 0.3 is 11.9 Å². The zero-order chi connectivity index (χ0) is 14.0. The van der Waals surface area contributed by atoms with Crippen LogP contribution < -0.4 is 0 Å². The highest BCUT2D eigenvalue weighted by molar-refractivity contribution is 5.77.